The molecule has 0 N–H and O–H groups in total. The van der Waals surface area contributed by atoms with Gasteiger partial charge in [-0.15, -0.1) is 0 Å². The van der Waals surface area contributed by atoms with Gasteiger partial charge in [0.25, 0.3) is 0 Å². The summed E-state index contributed by atoms with van der Waals surface area (Å²) in [6.07, 6.45) is 7.02. The molecule has 27 heavy (non-hydrogen) atoms. The Morgan fingerprint density at radius 1 is 0.741 bits per heavy atom. The van der Waals surface area contributed by atoms with E-state index < -0.39 is 0 Å². The second-order valence-electron chi connectivity index (χ2n) is 6.35. The fourth-order valence-corrected chi connectivity index (χ4v) is 3.41. The van der Waals surface area contributed by atoms with E-state index in [1.54, 1.807) is 18.7 Å². The highest BCUT2D eigenvalue weighted by atomic mass is 15.3. The predicted molar refractivity (Wildman–Crippen MR) is 103 cm³/mol. The lowest BCUT2D eigenvalue weighted by Gasteiger charge is -2.35. The highest BCUT2D eigenvalue weighted by Gasteiger charge is 2.22. The lowest BCUT2D eigenvalue weighted by molar-refractivity contribution is 0.636. The van der Waals surface area contributed by atoms with Crippen LogP contribution in [-0.2, 0) is 0 Å². The molecule has 5 rings (SSSR count). The Balaban J connectivity index is 1.42. The van der Waals surface area contributed by atoms with Crippen molar-refractivity contribution in [2.75, 3.05) is 36.0 Å². The Hall–Kier alpha value is -3.55. The molecule has 0 atom stereocenters. The van der Waals surface area contributed by atoms with Crippen molar-refractivity contribution in [3.05, 3.63) is 61.3 Å². The first-order valence-electron chi connectivity index (χ1n) is 8.91. The zero-order valence-electron chi connectivity index (χ0n) is 14.7. The van der Waals surface area contributed by atoms with Crippen LogP contribution in [0.1, 0.15) is 0 Å². The van der Waals surface area contributed by atoms with E-state index in [0.717, 1.165) is 54.7 Å². The molecule has 0 unspecified atom stereocenters. The maximum absolute atomic E-state index is 4.55. The van der Waals surface area contributed by atoms with E-state index in [1.165, 1.54) is 0 Å². The predicted octanol–water partition coefficient (Wildman–Crippen LogP) is 1.93. The zero-order valence-corrected chi connectivity index (χ0v) is 14.7. The molecule has 0 radical (unpaired) electrons. The molecule has 134 valence electrons. The molecular weight excluding hydrogens is 340 g/mol. The maximum atomic E-state index is 4.55. The summed E-state index contributed by atoms with van der Waals surface area (Å²) in [5, 5.41) is 5.50. The molecule has 1 aliphatic heterocycles. The third-order valence-corrected chi connectivity index (χ3v) is 4.76. The standard InChI is InChI=1S/C19H18N8/c1-2-5-15(6-3-1)27-18-16(13-24-27)17(22-14-23-18)25-9-11-26(12-10-25)19-20-7-4-8-21-19/h1-8,13-14H,9-12H2. The van der Waals surface area contributed by atoms with E-state index in [9.17, 15) is 0 Å². The molecule has 1 aromatic carbocycles. The average molecular weight is 358 g/mol. The molecule has 0 aliphatic carbocycles. The summed E-state index contributed by atoms with van der Waals surface area (Å²) in [5.74, 6) is 1.71. The van der Waals surface area contributed by atoms with E-state index in [4.69, 9.17) is 0 Å². The van der Waals surface area contributed by atoms with Crippen molar-refractivity contribution in [3.8, 4) is 5.69 Å². The number of rotatable bonds is 3. The van der Waals surface area contributed by atoms with E-state index in [2.05, 4.69) is 34.8 Å². The molecule has 1 fully saturated rings. The zero-order chi connectivity index (χ0) is 18.1. The number of hydrogen-bond acceptors (Lipinski definition) is 7. The number of hydrogen-bond donors (Lipinski definition) is 0. The number of anilines is 2. The quantitative estimate of drug-likeness (QED) is 0.554. The van der Waals surface area contributed by atoms with Gasteiger partial charge in [0, 0.05) is 38.6 Å². The van der Waals surface area contributed by atoms with E-state index in [-0.39, 0.29) is 0 Å². The van der Waals surface area contributed by atoms with Crippen LogP contribution in [0.15, 0.2) is 61.3 Å². The van der Waals surface area contributed by atoms with Gasteiger partial charge in [-0.3, -0.25) is 0 Å². The van der Waals surface area contributed by atoms with Gasteiger partial charge < -0.3 is 9.80 Å². The van der Waals surface area contributed by atoms with Crippen molar-refractivity contribution in [1.82, 2.24) is 29.7 Å². The third-order valence-electron chi connectivity index (χ3n) is 4.76. The van der Waals surface area contributed by atoms with Crippen molar-refractivity contribution >= 4 is 22.8 Å². The van der Waals surface area contributed by atoms with Gasteiger partial charge in [-0.1, -0.05) is 18.2 Å². The molecule has 0 spiro atoms. The minimum atomic E-state index is 0.780. The van der Waals surface area contributed by atoms with Crippen LogP contribution in [0.4, 0.5) is 11.8 Å². The molecule has 8 heteroatoms. The van der Waals surface area contributed by atoms with Gasteiger partial charge in [0.2, 0.25) is 5.95 Å². The number of nitrogens with zero attached hydrogens (tertiary/aromatic N) is 8. The average Bonchev–Trinajstić information content (AvgIpc) is 3.19. The van der Waals surface area contributed by atoms with Gasteiger partial charge in [-0.25, -0.2) is 24.6 Å². The summed E-state index contributed by atoms with van der Waals surface area (Å²) in [6.45, 7) is 3.40. The Bertz CT molecular complexity index is 1040. The van der Waals surface area contributed by atoms with Crippen LogP contribution in [0.3, 0.4) is 0 Å². The van der Waals surface area contributed by atoms with Crippen LogP contribution in [0, 0.1) is 0 Å². The first-order valence-corrected chi connectivity index (χ1v) is 8.91. The molecular formula is C19H18N8. The topological polar surface area (TPSA) is 75.9 Å². The Morgan fingerprint density at radius 2 is 1.48 bits per heavy atom. The van der Waals surface area contributed by atoms with Gasteiger partial charge in [0.05, 0.1) is 17.3 Å². The lowest BCUT2D eigenvalue weighted by atomic mass is 10.3. The Morgan fingerprint density at radius 3 is 2.26 bits per heavy atom. The number of fused-ring (bicyclic) bond motifs is 1. The van der Waals surface area contributed by atoms with Gasteiger partial charge >= 0.3 is 0 Å². The van der Waals surface area contributed by atoms with E-state index in [1.807, 2.05) is 47.3 Å². The van der Waals surface area contributed by atoms with Gasteiger partial charge in [0.1, 0.15) is 12.1 Å². The summed E-state index contributed by atoms with van der Waals surface area (Å²) in [5.41, 5.74) is 1.81. The largest absolute Gasteiger partial charge is 0.352 e. The number of benzene rings is 1. The summed E-state index contributed by atoms with van der Waals surface area (Å²) in [6, 6.07) is 11.9. The van der Waals surface area contributed by atoms with Crippen molar-refractivity contribution in [2.24, 2.45) is 0 Å². The van der Waals surface area contributed by atoms with Gasteiger partial charge in [0.15, 0.2) is 5.65 Å². The van der Waals surface area contributed by atoms with Crippen LogP contribution < -0.4 is 9.80 Å². The van der Waals surface area contributed by atoms with Crippen LogP contribution in [0.2, 0.25) is 0 Å². The van der Waals surface area contributed by atoms with Crippen LogP contribution in [-0.4, -0.2) is 55.9 Å². The molecule has 0 bridgehead atoms. The fraction of sp³-hybridized carbons (Fsp3) is 0.211. The lowest BCUT2D eigenvalue weighted by Crippen LogP contribution is -2.47. The molecule has 0 amide bonds. The van der Waals surface area contributed by atoms with Crippen LogP contribution in [0.5, 0.6) is 0 Å². The smallest absolute Gasteiger partial charge is 0.225 e. The molecule has 4 aromatic rings. The summed E-state index contributed by atoms with van der Waals surface area (Å²) in [4.78, 5) is 22.2. The Labute approximate surface area is 156 Å². The maximum Gasteiger partial charge on any atom is 0.225 e. The van der Waals surface area contributed by atoms with Gasteiger partial charge in [-0.05, 0) is 18.2 Å². The normalized spacial score (nSPS) is 14.7. The van der Waals surface area contributed by atoms with Crippen molar-refractivity contribution in [2.45, 2.75) is 0 Å². The first kappa shape index (κ1) is 15.7. The van der Waals surface area contributed by atoms with Crippen LogP contribution in [0.25, 0.3) is 16.7 Å². The van der Waals surface area contributed by atoms with Crippen molar-refractivity contribution < 1.29 is 0 Å². The Kier molecular flexibility index (Phi) is 3.86. The third kappa shape index (κ3) is 2.84. The second kappa shape index (κ2) is 6.64. The summed E-state index contributed by atoms with van der Waals surface area (Å²) < 4.78 is 1.86. The van der Waals surface area contributed by atoms with Crippen LogP contribution >= 0.6 is 0 Å². The highest BCUT2D eigenvalue weighted by molar-refractivity contribution is 5.87. The monoisotopic (exact) mass is 358 g/mol. The van der Waals surface area contributed by atoms with E-state index >= 15 is 0 Å². The minimum absolute atomic E-state index is 0.780. The first-order chi connectivity index (χ1) is 13.4. The molecule has 3 aromatic heterocycles. The van der Waals surface area contributed by atoms with Crippen molar-refractivity contribution in [1.29, 1.82) is 0 Å². The van der Waals surface area contributed by atoms with Crippen molar-refractivity contribution in [3.63, 3.8) is 0 Å². The summed E-state index contributed by atoms with van der Waals surface area (Å²) in [7, 11) is 0. The molecule has 8 nitrogen and oxygen atoms in total. The number of para-hydroxylation sites is 1. The molecule has 1 saturated heterocycles. The minimum Gasteiger partial charge on any atom is -0.352 e. The highest BCUT2D eigenvalue weighted by Crippen LogP contribution is 2.25. The van der Waals surface area contributed by atoms with Gasteiger partial charge in [-0.2, -0.15) is 5.10 Å². The second-order valence-corrected chi connectivity index (χ2v) is 6.35. The molecule has 4 heterocycles. The fourth-order valence-electron chi connectivity index (χ4n) is 3.41. The summed E-state index contributed by atoms with van der Waals surface area (Å²) >= 11 is 0. The van der Waals surface area contributed by atoms with E-state index in [0.29, 0.717) is 0 Å². The molecule has 1 aliphatic rings. The molecule has 0 saturated carbocycles. The SMILES string of the molecule is c1ccc(-n2ncc3c(N4CCN(c5ncccn5)CC4)ncnc32)cc1. The number of piperazine rings is 1. The number of aromatic nitrogens is 6.